The molecule has 3 heterocycles. The molecule has 0 aliphatic carbocycles. The van der Waals surface area contributed by atoms with Crippen LogP contribution >= 0.6 is 0 Å². The highest BCUT2D eigenvalue weighted by molar-refractivity contribution is 5.94. The van der Waals surface area contributed by atoms with Gasteiger partial charge in [0.2, 0.25) is 0 Å². The molecule has 0 unspecified atom stereocenters. The summed E-state index contributed by atoms with van der Waals surface area (Å²) in [7, 11) is 0. The summed E-state index contributed by atoms with van der Waals surface area (Å²) in [5.74, 6) is -6.35. The molecule has 2 aromatic rings. The van der Waals surface area contributed by atoms with Crippen molar-refractivity contribution in [2.75, 3.05) is 26.2 Å². The van der Waals surface area contributed by atoms with Gasteiger partial charge in [0.25, 0.3) is 17.4 Å². The molecule has 2 aliphatic rings. The van der Waals surface area contributed by atoms with E-state index in [0.717, 1.165) is 0 Å². The molecular weight excluding hydrogens is 522 g/mol. The minimum absolute atomic E-state index is 0.00904. The lowest BCUT2D eigenvalue weighted by Gasteiger charge is -2.46. The van der Waals surface area contributed by atoms with Gasteiger partial charge in [-0.25, -0.2) is 23.1 Å². The monoisotopic (exact) mass is 548 g/mol. The molecule has 0 bridgehead atoms. The van der Waals surface area contributed by atoms with E-state index in [9.17, 15) is 31.5 Å². The number of hydrogen-bond donors (Lipinski definition) is 2. The van der Waals surface area contributed by atoms with E-state index < -0.39 is 29.8 Å². The Hall–Kier alpha value is -3.42. The third kappa shape index (κ3) is 6.71. The van der Waals surface area contributed by atoms with Crippen molar-refractivity contribution in [2.45, 2.75) is 51.3 Å². The van der Waals surface area contributed by atoms with Gasteiger partial charge in [0.05, 0.1) is 24.3 Å². The van der Waals surface area contributed by atoms with Crippen LogP contribution in [0.2, 0.25) is 0 Å². The molecule has 2 fully saturated rings. The van der Waals surface area contributed by atoms with E-state index in [1.165, 1.54) is 6.07 Å². The summed E-state index contributed by atoms with van der Waals surface area (Å²) in [5, 5.41) is 13.6. The molecule has 38 heavy (non-hydrogen) atoms. The Balaban J connectivity index is 0.000000505. The number of likely N-dealkylation sites (tertiary alicyclic amines) is 2. The Morgan fingerprint density at radius 2 is 1.71 bits per heavy atom. The number of halogens is 6. The largest absolute Gasteiger partial charge is 0.490 e. The fourth-order valence-electron chi connectivity index (χ4n) is 4.32. The maximum Gasteiger partial charge on any atom is 0.490 e. The van der Waals surface area contributed by atoms with Crippen LogP contribution in [-0.2, 0) is 11.2 Å². The van der Waals surface area contributed by atoms with Gasteiger partial charge in [0.15, 0.2) is 0 Å². The molecule has 1 amide bonds. The van der Waals surface area contributed by atoms with Crippen molar-refractivity contribution in [3.63, 3.8) is 0 Å². The molecule has 1 aromatic carbocycles. The van der Waals surface area contributed by atoms with Crippen LogP contribution in [0.1, 0.15) is 45.6 Å². The topological polar surface area (TPSA) is 107 Å². The maximum absolute atomic E-state index is 15.2. The van der Waals surface area contributed by atoms with Crippen LogP contribution in [0.5, 0.6) is 0 Å². The lowest BCUT2D eigenvalue weighted by atomic mass is 9.97. The van der Waals surface area contributed by atoms with Crippen LogP contribution in [0, 0.1) is 19.7 Å². The van der Waals surface area contributed by atoms with E-state index in [-0.39, 0.29) is 36.7 Å². The number of alkyl halides is 5. The molecule has 208 valence electrons. The van der Waals surface area contributed by atoms with Crippen LogP contribution in [0.25, 0.3) is 0 Å². The molecule has 0 saturated carbocycles. The number of amides is 1. The molecule has 0 atom stereocenters. The number of nitrogens with one attached hydrogen (secondary N) is 1. The zero-order valence-electron chi connectivity index (χ0n) is 20.5. The minimum atomic E-state index is -5.08. The van der Waals surface area contributed by atoms with Gasteiger partial charge in [-0.05, 0) is 43.9 Å². The summed E-state index contributed by atoms with van der Waals surface area (Å²) in [6.45, 7) is 3.82. The smallest absolute Gasteiger partial charge is 0.475 e. The molecule has 4 rings (SSSR count). The van der Waals surface area contributed by atoms with E-state index in [1.54, 1.807) is 35.8 Å². The molecular formula is C24H26F6N4O4. The second kappa shape index (κ2) is 11.1. The van der Waals surface area contributed by atoms with Crippen LogP contribution < -0.4 is 5.56 Å². The number of benzene rings is 1. The predicted molar refractivity (Wildman–Crippen MR) is 123 cm³/mol. The van der Waals surface area contributed by atoms with Crippen molar-refractivity contribution in [2.24, 2.45) is 0 Å². The highest BCUT2D eigenvalue weighted by atomic mass is 19.4. The molecule has 14 heteroatoms. The number of H-pyrrole nitrogens is 1. The third-order valence-corrected chi connectivity index (χ3v) is 6.67. The fourth-order valence-corrected chi connectivity index (χ4v) is 4.32. The van der Waals surface area contributed by atoms with Crippen LogP contribution in [0.4, 0.5) is 26.3 Å². The SMILES string of the molecule is Cc1c(Cc2cccc(C(=O)N3CCC(N4CC(F)(F)C4)CC3)c2F)n[nH]c(=O)c1C.O=C(O)C(F)(F)F. The third-order valence-electron chi connectivity index (χ3n) is 6.67. The molecule has 2 aliphatic heterocycles. The Bertz CT molecular complexity index is 1250. The zero-order valence-corrected chi connectivity index (χ0v) is 20.5. The first-order valence-corrected chi connectivity index (χ1v) is 11.6. The molecule has 2 N–H and O–H groups in total. The van der Waals surface area contributed by atoms with Crippen molar-refractivity contribution in [1.82, 2.24) is 20.0 Å². The number of aliphatic carboxylic acids is 1. The van der Waals surface area contributed by atoms with Gasteiger partial charge in [0, 0.05) is 31.1 Å². The zero-order chi connectivity index (χ0) is 28.4. The number of nitrogens with zero attached hydrogens (tertiary/aromatic N) is 3. The second-order valence-corrected chi connectivity index (χ2v) is 9.29. The number of carboxylic acid groups (broad SMARTS) is 1. The Labute approximate surface area is 213 Å². The van der Waals surface area contributed by atoms with Crippen molar-refractivity contribution in [1.29, 1.82) is 0 Å². The number of piperidine rings is 1. The van der Waals surface area contributed by atoms with Crippen molar-refractivity contribution in [3.05, 3.63) is 62.3 Å². The molecule has 2 saturated heterocycles. The van der Waals surface area contributed by atoms with Crippen molar-refractivity contribution in [3.8, 4) is 0 Å². The number of aromatic nitrogens is 2. The van der Waals surface area contributed by atoms with E-state index in [2.05, 4.69) is 10.2 Å². The lowest BCUT2D eigenvalue weighted by Crippen LogP contribution is -2.61. The van der Waals surface area contributed by atoms with Gasteiger partial charge in [-0.15, -0.1) is 0 Å². The van der Waals surface area contributed by atoms with Crippen LogP contribution in [0.3, 0.4) is 0 Å². The first-order chi connectivity index (χ1) is 17.6. The van der Waals surface area contributed by atoms with Crippen molar-refractivity contribution < 1.29 is 41.0 Å². The summed E-state index contributed by atoms with van der Waals surface area (Å²) < 4.78 is 73.1. The number of carbonyl (C=O) groups excluding carboxylic acids is 1. The van der Waals surface area contributed by atoms with Gasteiger partial charge in [0.1, 0.15) is 5.82 Å². The summed E-state index contributed by atoms with van der Waals surface area (Å²) in [6.07, 6.45) is -3.73. The normalized spacial score (nSPS) is 17.8. The van der Waals surface area contributed by atoms with Crippen molar-refractivity contribution >= 4 is 11.9 Å². The predicted octanol–water partition coefficient (Wildman–Crippen LogP) is 3.31. The van der Waals surface area contributed by atoms with E-state index in [1.807, 2.05) is 0 Å². The van der Waals surface area contributed by atoms with Gasteiger partial charge in [-0.2, -0.15) is 18.3 Å². The fraction of sp³-hybridized carbons (Fsp3) is 0.500. The molecule has 0 radical (unpaired) electrons. The van der Waals surface area contributed by atoms with Crippen LogP contribution in [0.15, 0.2) is 23.0 Å². The first-order valence-electron chi connectivity index (χ1n) is 11.6. The van der Waals surface area contributed by atoms with Gasteiger partial charge < -0.3 is 10.0 Å². The standard InChI is InChI=1S/C22H25F3N4O2.C2HF3O2/c1-13-14(2)20(30)27-26-18(13)10-15-4-3-5-17(19(15)23)21(31)28-8-6-16(7-9-28)29-11-22(24,25)12-29;3-2(4,5)1(6)7/h3-5,16H,6-12H2,1-2H3,(H,27,30);(H,6,7). The summed E-state index contributed by atoms with van der Waals surface area (Å²) in [5.41, 5.74) is 1.80. The number of hydrogen-bond acceptors (Lipinski definition) is 5. The van der Waals surface area contributed by atoms with Gasteiger partial charge >= 0.3 is 12.1 Å². The quantitative estimate of drug-likeness (QED) is 0.568. The minimum Gasteiger partial charge on any atom is -0.475 e. The Kier molecular flexibility index (Phi) is 8.54. The summed E-state index contributed by atoms with van der Waals surface area (Å²) >= 11 is 0. The first kappa shape index (κ1) is 29.1. The number of rotatable bonds is 4. The van der Waals surface area contributed by atoms with E-state index >= 15 is 4.39 Å². The average molecular weight is 548 g/mol. The lowest BCUT2D eigenvalue weighted by molar-refractivity contribution is -0.192. The molecule has 1 aromatic heterocycles. The second-order valence-electron chi connectivity index (χ2n) is 9.29. The number of aromatic amines is 1. The van der Waals surface area contributed by atoms with Gasteiger partial charge in [-0.3, -0.25) is 14.5 Å². The molecule has 0 spiro atoms. The number of carboxylic acids is 1. The average Bonchev–Trinajstić information content (AvgIpc) is 2.83. The Morgan fingerprint density at radius 1 is 1.13 bits per heavy atom. The maximum atomic E-state index is 15.2. The molecule has 8 nitrogen and oxygen atoms in total. The van der Waals surface area contributed by atoms with E-state index in [0.29, 0.717) is 48.3 Å². The van der Waals surface area contributed by atoms with Gasteiger partial charge in [-0.1, -0.05) is 12.1 Å². The highest BCUT2D eigenvalue weighted by Crippen LogP contribution is 2.32. The van der Waals surface area contributed by atoms with Crippen LogP contribution in [-0.4, -0.2) is 81.3 Å². The Morgan fingerprint density at radius 3 is 2.24 bits per heavy atom. The number of carbonyl (C=O) groups is 2. The summed E-state index contributed by atoms with van der Waals surface area (Å²) in [4.78, 5) is 36.8. The highest BCUT2D eigenvalue weighted by Gasteiger charge is 2.47. The summed E-state index contributed by atoms with van der Waals surface area (Å²) in [6, 6.07) is 4.73. The van der Waals surface area contributed by atoms with E-state index in [4.69, 9.17) is 9.90 Å².